The second-order valence-electron chi connectivity index (χ2n) is 2.62. The first-order valence-corrected chi connectivity index (χ1v) is 5.21. The van der Waals surface area contributed by atoms with Crippen LogP contribution in [0.2, 0.25) is 0 Å². The van der Waals surface area contributed by atoms with Gasteiger partial charge < -0.3 is 0 Å². The first-order chi connectivity index (χ1) is 6.84. The number of carbonyl (C=O) groups excluding carboxylic acids is 2. The topological polar surface area (TPSA) is 54.5 Å². The molecule has 0 aromatic rings. The molecule has 0 radical (unpaired) electrons. The molecule has 0 aliphatic carbocycles. The van der Waals surface area contributed by atoms with E-state index in [2.05, 4.69) is 0 Å². The third kappa shape index (κ3) is 4.41. The molecule has 0 heterocycles. The predicted molar refractivity (Wildman–Crippen MR) is 46.6 cm³/mol. The number of carbonyl (C=O) groups is 2. The molecule has 1 unspecified atom stereocenters. The number of hydrogen-bond acceptors (Lipinski definition) is 3. The van der Waals surface area contributed by atoms with Gasteiger partial charge in [0.1, 0.15) is 0 Å². The van der Waals surface area contributed by atoms with E-state index in [9.17, 15) is 27.0 Å². The van der Waals surface area contributed by atoms with Gasteiger partial charge in [-0.05, 0) is 6.42 Å². The fourth-order valence-corrected chi connectivity index (χ4v) is 1.32. The first kappa shape index (κ1) is 14.1. The summed E-state index contributed by atoms with van der Waals surface area (Å²) in [5, 5.41) is 0. The minimum atomic E-state index is -5.09. The van der Waals surface area contributed by atoms with E-state index in [1.54, 1.807) is 6.92 Å². The van der Waals surface area contributed by atoms with Gasteiger partial charge in [0, 0.05) is 6.42 Å². The van der Waals surface area contributed by atoms with Crippen LogP contribution in [0, 0.1) is 0 Å². The Labute approximate surface area is 87.0 Å². The molecule has 4 nitrogen and oxygen atoms in total. The number of halogens is 3. The van der Waals surface area contributed by atoms with Crippen LogP contribution in [0.15, 0.2) is 0 Å². The van der Waals surface area contributed by atoms with Gasteiger partial charge in [-0.2, -0.15) is 17.5 Å². The van der Waals surface area contributed by atoms with E-state index in [0.29, 0.717) is 12.8 Å². The largest absolute Gasteiger partial charge is 0.491 e. The minimum absolute atomic E-state index is 0.225. The Morgan fingerprint density at radius 2 is 2.00 bits per heavy atom. The lowest BCUT2D eigenvalue weighted by atomic mass is 10.2. The Morgan fingerprint density at radius 1 is 1.47 bits per heavy atom. The van der Waals surface area contributed by atoms with E-state index < -0.39 is 22.4 Å². The third-order valence-electron chi connectivity index (χ3n) is 1.46. The third-order valence-corrected chi connectivity index (χ3v) is 2.51. The first-order valence-electron chi connectivity index (χ1n) is 4.10. The molecule has 0 spiro atoms. The van der Waals surface area contributed by atoms with Gasteiger partial charge in [0.15, 0.2) is 0 Å². The highest BCUT2D eigenvalue weighted by atomic mass is 32.2. The smallest absolute Gasteiger partial charge is 0.277 e. The highest BCUT2D eigenvalue weighted by molar-refractivity contribution is 7.84. The molecule has 0 saturated carbocycles. The van der Waals surface area contributed by atoms with Gasteiger partial charge in [0.05, 0.1) is 0 Å². The van der Waals surface area contributed by atoms with Crippen molar-refractivity contribution in [2.45, 2.75) is 31.7 Å². The molecular formula is C7H10F3NO3S. The molecule has 0 aromatic carbocycles. The van der Waals surface area contributed by atoms with Gasteiger partial charge in [-0.25, -0.2) is 4.21 Å². The Bertz CT molecular complexity index is 267. The number of amides is 2. The fraction of sp³-hybridized carbons (Fsp3) is 0.714. The van der Waals surface area contributed by atoms with Crippen LogP contribution < -0.4 is 0 Å². The summed E-state index contributed by atoms with van der Waals surface area (Å²) >= 11 is 0. The summed E-state index contributed by atoms with van der Waals surface area (Å²) in [5.74, 6) is -1.08. The zero-order chi connectivity index (χ0) is 12.1. The molecule has 0 aliphatic rings. The second-order valence-corrected chi connectivity index (χ2v) is 3.98. The maximum absolute atomic E-state index is 11.9. The van der Waals surface area contributed by atoms with Crippen LogP contribution in [-0.2, 0) is 20.6 Å². The van der Waals surface area contributed by atoms with Gasteiger partial charge in [0.25, 0.3) is 0 Å². The standard InChI is InChI=1S/C7H10F3NO3S/c1-2-3-4-6(13)11(5-12)15(14)7(8,9)10/h5H,2-4H2,1H3. The number of imide groups is 1. The van der Waals surface area contributed by atoms with Crippen molar-refractivity contribution >= 4 is 23.3 Å². The highest BCUT2D eigenvalue weighted by Crippen LogP contribution is 2.22. The summed E-state index contributed by atoms with van der Waals surface area (Å²) in [4.78, 5) is 21.2. The SMILES string of the molecule is CCCCC(=O)N(C=O)S(=O)C(F)(F)F. The van der Waals surface area contributed by atoms with E-state index in [-0.39, 0.29) is 17.1 Å². The van der Waals surface area contributed by atoms with Crippen LogP contribution in [0.5, 0.6) is 0 Å². The van der Waals surface area contributed by atoms with Crippen molar-refractivity contribution in [2.75, 3.05) is 0 Å². The van der Waals surface area contributed by atoms with Crippen LogP contribution in [0.25, 0.3) is 0 Å². The summed E-state index contributed by atoms with van der Waals surface area (Å²) in [6, 6.07) is 0. The lowest BCUT2D eigenvalue weighted by Gasteiger charge is -2.15. The van der Waals surface area contributed by atoms with Crippen LogP contribution >= 0.6 is 0 Å². The summed E-state index contributed by atoms with van der Waals surface area (Å²) < 4.78 is 46.1. The summed E-state index contributed by atoms with van der Waals surface area (Å²) in [6.45, 7) is 1.74. The molecule has 0 saturated heterocycles. The zero-order valence-electron chi connectivity index (χ0n) is 7.91. The number of alkyl halides is 3. The maximum Gasteiger partial charge on any atom is 0.491 e. The fourth-order valence-electron chi connectivity index (χ4n) is 0.740. The average Bonchev–Trinajstić information content (AvgIpc) is 2.14. The number of rotatable bonds is 5. The van der Waals surface area contributed by atoms with Crippen LogP contribution in [-0.4, -0.2) is 26.3 Å². The molecule has 0 rings (SSSR count). The van der Waals surface area contributed by atoms with Crippen molar-refractivity contribution in [2.24, 2.45) is 0 Å². The average molecular weight is 245 g/mol. The quantitative estimate of drug-likeness (QED) is 0.687. The number of unbranched alkanes of at least 4 members (excludes halogenated alkanes) is 1. The Hall–Kier alpha value is -0.920. The van der Waals surface area contributed by atoms with Crippen LogP contribution in [0.1, 0.15) is 26.2 Å². The predicted octanol–water partition coefficient (Wildman–Crippen LogP) is 1.35. The molecule has 8 heteroatoms. The molecule has 0 aliphatic heterocycles. The van der Waals surface area contributed by atoms with Gasteiger partial charge in [-0.15, -0.1) is 0 Å². The molecule has 0 bridgehead atoms. The lowest BCUT2D eigenvalue weighted by Crippen LogP contribution is -2.38. The molecule has 88 valence electrons. The molecule has 0 N–H and O–H groups in total. The van der Waals surface area contributed by atoms with Crippen molar-refractivity contribution in [1.29, 1.82) is 0 Å². The van der Waals surface area contributed by atoms with Crippen LogP contribution in [0.4, 0.5) is 13.2 Å². The van der Waals surface area contributed by atoms with E-state index in [0.717, 1.165) is 0 Å². The van der Waals surface area contributed by atoms with E-state index in [4.69, 9.17) is 0 Å². The van der Waals surface area contributed by atoms with Gasteiger partial charge in [-0.1, -0.05) is 13.3 Å². The Morgan fingerprint density at radius 3 is 2.33 bits per heavy atom. The molecule has 1 atom stereocenters. The van der Waals surface area contributed by atoms with E-state index in [1.807, 2.05) is 0 Å². The highest BCUT2D eigenvalue weighted by Gasteiger charge is 2.43. The van der Waals surface area contributed by atoms with E-state index >= 15 is 0 Å². The molecular weight excluding hydrogens is 235 g/mol. The normalized spacial score (nSPS) is 13.3. The van der Waals surface area contributed by atoms with Gasteiger partial charge >= 0.3 is 5.51 Å². The summed E-state index contributed by atoms with van der Waals surface area (Å²) in [5.41, 5.74) is -5.09. The summed E-state index contributed by atoms with van der Waals surface area (Å²) in [7, 11) is -3.59. The van der Waals surface area contributed by atoms with Crippen LogP contribution in [0.3, 0.4) is 0 Å². The minimum Gasteiger partial charge on any atom is -0.277 e. The van der Waals surface area contributed by atoms with Gasteiger partial charge in [0.2, 0.25) is 23.3 Å². The van der Waals surface area contributed by atoms with Crippen molar-refractivity contribution in [3.8, 4) is 0 Å². The Kier molecular flexibility index (Phi) is 5.48. The van der Waals surface area contributed by atoms with Crippen molar-refractivity contribution in [1.82, 2.24) is 4.31 Å². The molecule has 0 aromatic heterocycles. The lowest BCUT2D eigenvalue weighted by molar-refractivity contribution is -0.133. The van der Waals surface area contributed by atoms with Gasteiger partial charge in [-0.3, -0.25) is 9.59 Å². The Balaban J connectivity index is 4.56. The van der Waals surface area contributed by atoms with E-state index in [1.165, 1.54) is 0 Å². The number of nitrogens with zero attached hydrogens (tertiary/aromatic N) is 1. The van der Waals surface area contributed by atoms with Crippen molar-refractivity contribution in [3.63, 3.8) is 0 Å². The molecule has 15 heavy (non-hydrogen) atoms. The van der Waals surface area contributed by atoms with Crippen molar-refractivity contribution < 1.29 is 27.0 Å². The molecule has 0 fully saturated rings. The monoisotopic (exact) mass is 245 g/mol. The van der Waals surface area contributed by atoms with Crippen molar-refractivity contribution in [3.05, 3.63) is 0 Å². The molecule has 2 amide bonds. The summed E-state index contributed by atoms with van der Waals surface area (Å²) in [6.07, 6.45) is 0.355. The zero-order valence-corrected chi connectivity index (χ0v) is 8.73. The second kappa shape index (κ2) is 5.84. The number of hydrogen-bond donors (Lipinski definition) is 0. The maximum atomic E-state index is 11.9.